The second-order valence-electron chi connectivity index (χ2n) is 4.40. The summed E-state index contributed by atoms with van der Waals surface area (Å²) in [5, 5.41) is 14.5. The van der Waals surface area contributed by atoms with Gasteiger partial charge in [0.15, 0.2) is 0 Å². The van der Waals surface area contributed by atoms with Gasteiger partial charge in [0.1, 0.15) is 0 Å². The highest BCUT2D eigenvalue weighted by atomic mass is 35.5. The first-order chi connectivity index (χ1) is 8.18. The molecule has 1 saturated carbocycles. The van der Waals surface area contributed by atoms with Crippen LogP contribution in [0.5, 0.6) is 0 Å². The Labute approximate surface area is 105 Å². The molecular weight excluding hydrogens is 240 g/mol. The Morgan fingerprint density at radius 1 is 1.47 bits per heavy atom. The highest BCUT2D eigenvalue weighted by Crippen LogP contribution is 2.32. The Morgan fingerprint density at radius 3 is 2.88 bits per heavy atom. The van der Waals surface area contributed by atoms with Crippen molar-refractivity contribution in [1.29, 1.82) is 0 Å². The van der Waals surface area contributed by atoms with Crippen LogP contribution in [-0.2, 0) is 6.54 Å². The molecule has 0 saturated heterocycles. The molecule has 92 valence electrons. The molecule has 1 aromatic rings. The monoisotopic (exact) mass is 254 g/mol. The summed E-state index contributed by atoms with van der Waals surface area (Å²) in [6, 6.07) is 4.78. The van der Waals surface area contributed by atoms with Gasteiger partial charge >= 0.3 is 0 Å². The van der Waals surface area contributed by atoms with Crippen LogP contribution in [0.4, 0.5) is 5.69 Å². The van der Waals surface area contributed by atoms with Crippen molar-refractivity contribution in [3.63, 3.8) is 0 Å². The Morgan fingerprint density at radius 2 is 2.24 bits per heavy atom. The van der Waals surface area contributed by atoms with E-state index < -0.39 is 0 Å². The topological polar surface area (TPSA) is 55.2 Å². The lowest BCUT2D eigenvalue weighted by Crippen LogP contribution is -2.16. The molecule has 1 aromatic carbocycles. The number of benzene rings is 1. The van der Waals surface area contributed by atoms with E-state index in [-0.39, 0.29) is 10.6 Å². The van der Waals surface area contributed by atoms with Gasteiger partial charge in [-0.3, -0.25) is 10.1 Å². The van der Waals surface area contributed by atoms with E-state index in [2.05, 4.69) is 5.32 Å². The number of hydrogen-bond donors (Lipinski definition) is 1. The Kier molecular flexibility index (Phi) is 3.97. The van der Waals surface area contributed by atoms with Gasteiger partial charge in [0.25, 0.3) is 5.69 Å². The van der Waals surface area contributed by atoms with E-state index in [0.29, 0.717) is 17.1 Å². The third-order valence-corrected chi connectivity index (χ3v) is 3.37. The first-order valence-electron chi connectivity index (χ1n) is 5.81. The molecule has 4 nitrogen and oxygen atoms in total. The molecule has 1 aliphatic rings. The van der Waals surface area contributed by atoms with E-state index in [9.17, 15) is 10.1 Å². The molecule has 0 atom stereocenters. The molecule has 0 unspecified atom stereocenters. The minimum absolute atomic E-state index is 0.0939. The Bertz CT molecular complexity index is 419. The molecule has 0 heterocycles. The van der Waals surface area contributed by atoms with Crippen LogP contribution in [0.25, 0.3) is 0 Å². The lowest BCUT2D eigenvalue weighted by Gasteiger charge is -2.07. The summed E-state index contributed by atoms with van der Waals surface area (Å²) in [4.78, 5) is 10.5. The zero-order chi connectivity index (χ0) is 12.3. The maximum Gasteiger partial charge on any atom is 0.275 e. The van der Waals surface area contributed by atoms with Crippen LogP contribution in [0.1, 0.15) is 24.8 Å². The maximum atomic E-state index is 10.8. The molecule has 2 rings (SSSR count). The van der Waals surface area contributed by atoms with E-state index in [4.69, 9.17) is 11.6 Å². The predicted octanol–water partition coefficient (Wildman–Crippen LogP) is 3.14. The molecule has 0 radical (unpaired) electrons. The lowest BCUT2D eigenvalue weighted by molar-refractivity contribution is -0.385. The fourth-order valence-electron chi connectivity index (χ4n) is 1.82. The third-order valence-electron chi connectivity index (χ3n) is 3.02. The van der Waals surface area contributed by atoms with Crippen LogP contribution in [0.15, 0.2) is 18.2 Å². The third kappa shape index (κ3) is 3.41. The largest absolute Gasteiger partial charge is 0.312 e. The number of halogens is 1. The quantitative estimate of drug-likeness (QED) is 0.482. The summed E-state index contributed by atoms with van der Waals surface area (Å²) in [5.74, 6) is 0.865. The molecule has 0 amide bonds. The van der Waals surface area contributed by atoms with Crippen molar-refractivity contribution in [2.24, 2.45) is 5.92 Å². The predicted molar refractivity (Wildman–Crippen MR) is 67.2 cm³/mol. The molecule has 1 fully saturated rings. The van der Waals surface area contributed by atoms with E-state index in [1.54, 1.807) is 12.1 Å². The van der Waals surface area contributed by atoms with Crippen LogP contribution >= 0.6 is 11.6 Å². The van der Waals surface area contributed by atoms with E-state index in [1.165, 1.54) is 18.9 Å². The number of nitrogens with one attached hydrogen (secondary N) is 1. The second kappa shape index (κ2) is 5.47. The van der Waals surface area contributed by atoms with Crippen molar-refractivity contribution in [2.75, 3.05) is 6.54 Å². The first kappa shape index (κ1) is 12.3. The second-order valence-corrected chi connectivity index (χ2v) is 4.81. The van der Waals surface area contributed by atoms with Gasteiger partial charge in [0.05, 0.1) is 15.5 Å². The van der Waals surface area contributed by atoms with Crippen molar-refractivity contribution in [2.45, 2.75) is 25.8 Å². The van der Waals surface area contributed by atoms with Gasteiger partial charge in [0, 0.05) is 12.6 Å². The van der Waals surface area contributed by atoms with Crippen molar-refractivity contribution >= 4 is 17.3 Å². The Balaban J connectivity index is 1.94. The van der Waals surface area contributed by atoms with Crippen LogP contribution in [-0.4, -0.2) is 11.5 Å². The fraction of sp³-hybridized carbons (Fsp3) is 0.500. The van der Waals surface area contributed by atoms with Crippen molar-refractivity contribution in [3.8, 4) is 0 Å². The summed E-state index contributed by atoms with van der Waals surface area (Å²) in [7, 11) is 0. The van der Waals surface area contributed by atoms with E-state index in [1.807, 2.05) is 0 Å². The van der Waals surface area contributed by atoms with Gasteiger partial charge < -0.3 is 5.32 Å². The van der Waals surface area contributed by atoms with Gasteiger partial charge in [-0.25, -0.2) is 0 Å². The summed E-state index contributed by atoms with van der Waals surface area (Å²) >= 11 is 5.98. The summed E-state index contributed by atoms with van der Waals surface area (Å²) in [6.07, 6.45) is 3.81. The number of nitro benzene ring substituents is 1. The number of rotatable bonds is 6. The van der Waals surface area contributed by atoms with Crippen LogP contribution < -0.4 is 5.32 Å². The molecule has 0 spiro atoms. The fourth-order valence-corrected chi connectivity index (χ4v) is 2.06. The van der Waals surface area contributed by atoms with E-state index in [0.717, 1.165) is 18.9 Å². The zero-order valence-corrected chi connectivity index (χ0v) is 10.2. The number of nitro groups is 1. The molecule has 0 bridgehead atoms. The first-order valence-corrected chi connectivity index (χ1v) is 6.19. The molecule has 5 heteroatoms. The zero-order valence-electron chi connectivity index (χ0n) is 9.49. The van der Waals surface area contributed by atoms with Crippen LogP contribution in [0, 0.1) is 16.0 Å². The van der Waals surface area contributed by atoms with Crippen molar-refractivity contribution < 1.29 is 4.92 Å². The van der Waals surface area contributed by atoms with Gasteiger partial charge in [-0.2, -0.15) is 0 Å². The molecule has 0 aliphatic heterocycles. The summed E-state index contributed by atoms with van der Waals surface area (Å²) in [5.41, 5.74) is 0.673. The van der Waals surface area contributed by atoms with Crippen LogP contribution in [0.3, 0.4) is 0 Å². The van der Waals surface area contributed by atoms with Crippen molar-refractivity contribution in [3.05, 3.63) is 38.9 Å². The molecule has 1 N–H and O–H groups in total. The average Bonchev–Trinajstić information content (AvgIpc) is 3.09. The molecular formula is C12H15ClN2O2. The summed E-state index contributed by atoms with van der Waals surface area (Å²) < 4.78 is 0. The lowest BCUT2D eigenvalue weighted by atomic mass is 10.1. The smallest absolute Gasteiger partial charge is 0.275 e. The van der Waals surface area contributed by atoms with Crippen molar-refractivity contribution in [1.82, 2.24) is 5.32 Å². The molecule has 0 aromatic heterocycles. The normalized spacial score (nSPS) is 14.9. The molecule has 17 heavy (non-hydrogen) atoms. The van der Waals surface area contributed by atoms with Gasteiger partial charge in [-0.15, -0.1) is 0 Å². The standard InChI is InChI=1S/C12H15ClN2O2/c13-11-2-1-3-12(15(16)17)10(11)8-14-7-6-9-4-5-9/h1-3,9,14H,4-8H2. The molecule has 1 aliphatic carbocycles. The SMILES string of the molecule is O=[N+]([O-])c1cccc(Cl)c1CNCCC1CC1. The minimum atomic E-state index is -0.385. The Hall–Kier alpha value is -1.13. The van der Waals surface area contributed by atoms with E-state index >= 15 is 0 Å². The highest BCUT2D eigenvalue weighted by Gasteiger charge is 2.20. The summed E-state index contributed by atoms with van der Waals surface area (Å²) in [6.45, 7) is 1.36. The minimum Gasteiger partial charge on any atom is -0.312 e. The highest BCUT2D eigenvalue weighted by molar-refractivity contribution is 6.31. The maximum absolute atomic E-state index is 10.8. The van der Waals surface area contributed by atoms with Gasteiger partial charge in [0.2, 0.25) is 0 Å². The van der Waals surface area contributed by atoms with Gasteiger partial charge in [-0.05, 0) is 24.9 Å². The number of nitrogens with zero attached hydrogens (tertiary/aromatic N) is 1. The average molecular weight is 255 g/mol. The van der Waals surface area contributed by atoms with Gasteiger partial charge in [-0.1, -0.05) is 30.5 Å². The van der Waals surface area contributed by atoms with Crippen LogP contribution in [0.2, 0.25) is 5.02 Å². The number of hydrogen-bond acceptors (Lipinski definition) is 3.